The van der Waals surface area contributed by atoms with E-state index in [1.54, 1.807) is 45.2 Å². The van der Waals surface area contributed by atoms with Crippen molar-refractivity contribution in [2.75, 3.05) is 20.1 Å². The molecule has 1 heterocycles. The molecule has 0 saturated heterocycles. The van der Waals surface area contributed by atoms with Crippen LogP contribution in [0.5, 0.6) is 0 Å². The number of carboxylic acids is 1. The number of carboxylic acid groups (broad SMARTS) is 1. The standard InChI is InChI=1S/C18H20N2O5/c1-18(2)12(13(18)17(24)25)16(23)19(3)8-9-20-14(21)10-6-4-5-7-11(10)15(20)22/h4-7,12-13H,8-9H2,1-3H3,(H,24,25)/t12-,13+/m0/s1. The maximum absolute atomic E-state index is 12.5. The monoisotopic (exact) mass is 344 g/mol. The zero-order chi connectivity index (χ0) is 18.5. The van der Waals surface area contributed by atoms with E-state index in [1.807, 2.05) is 0 Å². The highest BCUT2D eigenvalue weighted by atomic mass is 16.4. The highest BCUT2D eigenvalue weighted by Gasteiger charge is 2.66. The van der Waals surface area contributed by atoms with E-state index in [9.17, 15) is 24.3 Å². The van der Waals surface area contributed by atoms with Crippen LogP contribution in [0.1, 0.15) is 34.6 Å². The molecule has 1 saturated carbocycles. The molecular formula is C18H20N2O5. The summed E-state index contributed by atoms with van der Waals surface area (Å²) in [6.07, 6.45) is 0. The van der Waals surface area contributed by atoms with E-state index in [1.165, 1.54) is 4.90 Å². The summed E-state index contributed by atoms with van der Waals surface area (Å²) in [5.74, 6) is -3.24. The second kappa shape index (κ2) is 5.68. The van der Waals surface area contributed by atoms with Crippen molar-refractivity contribution >= 4 is 23.7 Å². The first kappa shape index (κ1) is 17.1. The molecular weight excluding hydrogens is 324 g/mol. The van der Waals surface area contributed by atoms with Crippen molar-refractivity contribution < 1.29 is 24.3 Å². The zero-order valence-electron chi connectivity index (χ0n) is 14.4. The first-order valence-electron chi connectivity index (χ1n) is 8.11. The summed E-state index contributed by atoms with van der Waals surface area (Å²) in [5, 5.41) is 9.19. The molecule has 7 nitrogen and oxygen atoms in total. The van der Waals surface area contributed by atoms with Gasteiger partial charge < -0.3 is 10.0 Å². The van der Waals surface area contributed by atoms with Gasteiger partial charge in [-0.2, -0.15) is 0 Å². The molecule has 7 heteroatoms. The minimum atomic E-state index is -0.975. The van der Waals surface area contributed by atoms with Crippen molar-refractivity contribution in [3.05, 3.63) is 35.4 Å². The quantitative estimate of drug-likeness (QED) is 0.807. The van der Waals surface area contributed by atoms with E-state index in [2.05, 4.69) is 0 Å². The summed E-state index contributed by atoms with van der Waals surface area (Å²) in [5.41, 5.74) is 0.165. The van der Waals surface area contributed by atoms with E-state index in [0.717, 1.165) is 4.90 Å². The molecule has 3 amide bonds. The summed E-state index contributed by atoms with van der Waals surface area (Å²) in [4.78, 5) is 50.9. The minimum Gasteiger partial charge on any atom is -0.481 e. The number of fused-ring (bicyclic) bond motifs is 1. The van der Waals surface area contributed by atoms with Crippen LogP contribution in [-0.2, 0) is 9.59 Å². The maximum atomic E-state index is 12.5. The fourth-order valence-electron chi connectivity index (χ4n) is 3.60. The lowest BCUT2D eigenvalue weighted by Crippen LogP contribution is -2.40. The number of aliphatic carboxylic acids is 1. The molecule has 1 aliphatic heterocycles. The third kappa shape index (κ3) is 2.59. The molecule has 0 spiro atoms. The molecule has 25 heavy (non-hydrogen) atoms. The summed E-state index contributed by atoms with van der Waals surface area (Å²) in [6, 6.07) is 6.61. The van der Waals surface area contributed by atoms with Gasteiger partial charge in [-0.05, 0) is 17.5 Å². The highest BCUT2D eigenvalue weighted by molar-refractivity contribution is 6.21. The lowest BCUT2D eigenvalue weighted by Gasteiger charge is -2.21. The Morgan fingerprint density at radius 3 is 2.08 bits per heavy atom. The fourth-order valence-corrected chi connectivity index (χ4v) is 3.60. The Balaban J connectivity index is 1.63. The topological polar surface area (TPSA) is 95.0 Å². The van der Waals surface area contributed by atoms with Crippen LogP contribution < -0.4 is 0 Å². The second-order valence-corrected chi connectivity index (χ2v) is 7.18. The molecule has 0 aromatic heterocycles. The van der Waals surface area contributed by atoms with Gasteiger partial charge in [-0.1, -0.05) is 26.0 Å². The number of hydrogen-bond donors (Lipinski definition) is 1. The van der Waals surface area contributed by atoms with Crippen molar-refractivity contribution in [3.8, 4) is 0 Å². The van der Waals surface area contributed by atoms with Gasteiger partial charge >= 0.3 is 5.97 Å². The maximum Gasteiger partial charge on any atom is 0.307 e. The van der Waals surface area contributed by atoms with Crippen LogP contribution >= 0.6 is 0 Å². The number of carbonyl (C=O) groups is 4. The predicted octanol–water partition coefficient (Wildman–Crippen LogP) is 1.10. The number of likely N-dealkylation sites (N-methyl/N-ethyl adjacent to an activating group) is 1. The average Bonchev–Trinajstić information content (AvgIpc) is 3.07. The van der Waals surface area contributed by atoms with Crippen LogP contribution in [0.2, 0.25) is 0 Å². The number of imide groups is 1. The van der Waals surface area contributed by atoms with Crippen LogP contribution in [0.15, 0.2) is 24.3 Å². The van der Waals surface area contributed by atoms with Gasteiger partial charge in [-0.25, -0.2) is 0 Å². The van der Waals surface area contributed by atoms with Crippen molar-refractivity contribution in [1.29, 1.82) is 0 Å². The van der Waals surface area contributed by atoms with E-state index >= 15 is 0 Å². The molecule has 132 valence electrons. The Morgan fingerprint density at radius 1 is 1.12 bits per heavy atom. The van der Waals surface area contributed by atoms with Crippen LogP contribution in [0.4, 0.5) is 0 Å². The number of benzene rings is 1. The summed E-state index contributed by atoms with van der Waals surface area (Å²) >= 11 is 0. The molecule has 0 unspecified atom stereocenters. The predicted molar refractivity (Wildman–Crippen MR) is 87.8 cm³/mol. The molecule has 2 aliphatic rings. The summed E-state index contributed by atoms with van der Waals surface area (Å²) in [7, 11) is 1.56. The molecule has 0 bridgehead atoms. The average molecular weight is 344 g/mol. The van der Waals surface area contributed by atoms with Crippen LogP contribution in [0.3, 0.4) is 0 Å². The van der Waals surface area contributed by atoms with Gasteiger partial charge in [-0.15, -0.1) is 0 Å². The molecule has 2 atom stereocenters. The van der Waals surface area contributed by atoms with Crippen LogP contribution in [0.25, 0.3) is 0 Å². The van der Waals surface area contributed by atoms with E-state index in [4.69, 9.17) is 0 Å². The van der Waals surface area contributed by atoms with E-state index in [0.29, 0.717) is 11.1 Å². The van der Waals surface area contributed by atoms with Crippen molar-refractivity contribution in [2.24, 2.45) is 17.3 Å². The van der Waals surface area contributed by atoms with Gasteiger partial charge in [0.05, 0.1) is 23.0 Å². The van der Waals surface area contributed by atoms with Gasteiger partial charge in [0.15, 0.2) is 0 Å². The second-order valence-electron chi connectivity index (χ2n) is 7.18. The first-order valence-corrected chi connectivity index (χ1v) is 8.11. The van der Waals surface area contributed by atoms with Crippen molar-refractivity contribution in [3.63, 3.8) is 0 Å². The molecule has 1 aliphatic carbocycles. The Labute approximate surface area is 145 Å². The Hall–Kier alpha value is -2.70. The van der Waals surface area contributed by atoms with E-state index in [-0.39, 0.29) is 30.8 Å². The van der Waals surface area contributed by atoms with Gasteiger partial charge in [0.1, 0.15) is 0 Å². The SMILES string of the molecule is CN(CCN1C(=O)c2ccccc2C1=O)C(=O)[C@@H]1[C@H](C(=O)O)C1(C)C. The minimum absolute atomic E-state index is 0.0828. The number of carbonyl (C=O) groups excluding carboxylic acids is 3. The molecule has 0 radical (unpaired) electrons. The zero-order valence-corrected chi connectivity index (χ0v) is 14.4. The van der Waals surface area contributed by atoms with Crippen molar-refractivity contribution in [2.45, 2.75) is 13.8 Å². The van der Waals surface area contributed by atoms with Gasteiger partial charge in [0, 0.05) is 20.1 Å². The largest absolute Gasteiger partial charge is 0.481 e. The fraction of sp³-hybridized carbons (Fsp3) is 0.444. The molecule has 1 N–H and O–H groups in total. The number of rotatable bonds is 5. The van der Waals surface area contributed by atoms with Crippen LogP contribution in [-0.4, -0.2) is 58.7 Å². The first-order chi connectivity index (χ1) is 11.7. The highest BCUT2D eigenvalue weighted by Crippen LogP contribution is 2.58. The summed E-state index contributed by atoms with van der Waals surface area (Å²) < 4.78 is 0. The lowest BCUT2D eigenvalue weighted by atomic mass is 10.1. The third-order valence-corrected chi connectivity index (χ3v) is 5.27. The van der Waals surface area contributed by atoms with Gasteiger partial charge in [0.2, 0.25) is 5.91 Å². The number of nitrogens with zero attached hydrogens (tertiary/aromatic N) is 2. The normalized spacial score (nSPS) is 23.4. The van der Waals surface area contributed by atoms with E-state index < -0.39 is 23.2 Å². The van der Waals surface area contributed by atoms with Crippen molar-refractivity contribution in [1.82, 2.24) is 9.80 Å². The Morgan fingerprint density at radius 2 is 1.64 bits per heavy atom. The molecule has 1 aromatic carbocycles. The Bertz CT molecular complexity index is 750. The third-order valence-electron chi connectivity index (χ3n) is 5.27. The van der Waals surface area contributed by atoms with Gasteiger partial charge in [0.25, 0.3) is 11.8 Å². The van der Waals surface area contributed by atoms with Crippen LogP contribution in [0, 0.1) is 17.3 Å². The smallest absolute Gasteiger partial charge is 0.307 e. The summed E-state index contributed by atoms with van der Waals surface area (Å²) in [6.45, 7) is 3.77. The Kier molecular flexibility index (Phi) is 3.89. The number of amides is 3. The molecule has 3 rings (SSSR count). The molecule has 1 fully saturated rings. The number of hydrogen-bond acceptors (Lipinski definition) is 4. The molecule has 1 aromatic rings. The van der Waals surface area contributed by atoms with Gasteiger partial charge in [-0.3, -0.25) is 24.1 Å². The lowest BCUT2D eigenvalue weighted by molar-refractivity contribution is -0.141.